The Labute approximate surface area is 103 Å². The normalized spacial score (nSPS) is 10.3. The minimum Gasteiger partial charge on any atom is -0.395 e. The Hall–Kier alpha value is -1.60. The van der Waals surface area contributed by atoms with Crippen molar-refractivity contribution in [1.82, 2.24) is 4.98 Å². The van der Waals surface area contributed by atoms with Crippen molar-refractivity contribution in [3.8, 4) is 6.07 Å². The monoisotopic (exact) mass is 233 g/mol. The smallest absolute Gasteiger partial charge is 0.142 e. The molecule has 1 heterocycles. The molecule has 17 heavy (non-hydrogen) atoms. The van der Waals surface area contributed by atoms with E-state index in [0.29, 0.717) is 18.3 Å². The highest BCUT2D eigenvalue weighted by molar-refractivity contribution is 5.49. The van der Waals surface area contributed by atoms with Gasteiger partial charge in [-0.05, 0) is 25.0 Å². The molecule has 92 valence electrons. The molecular formula is C13H19N3O. The van der Waals surface area contributed by atoms with Gasteiger partial charge in [-0.1, -0.05) is 13.8 Å². The SMILES string of the molecule is CCC(CC)N(CCO)c1ccnc(C#N)c1. The summed E-state index contributed by atoms with van der Waals surface area (Å²) in [5.41, 5.74) is 1.37. The van der Waals surface area contributed by atoms with Gasteiger partial charge >= 0.3 is 0 Å². The van der Waals surface area contributed by atoms with Crippen LogP contribution in [0, 0.1) is 11.3 Å². The first kappa shape index (κ1) is 13.5. The predicted octanol–water partition coefficient (Wildman–Crippen LogP) is 1.94. The molecule has 0 radical (unpaired) electrons. The van der Waals surface area contributed by atoms with Crippen molar-refractivity contribution in [3.63, 3.8) is 0 Å². The van der Waals surface area contributed by atoms with E-state index in [1.54, 1.807) is 12.3 Å². The van der Waals surface area contributed by atoms with E-state index in [2.05, 4.69) is 23.7 Å². The van der Waals surface area contributed by atoms with E-state index in [4.69, 9.17) is 10.4 Å². The topological polar surface area (TPSA) is 60.1 Å². The Kier molecular flexibility index (Phi) is 5.44. The van der Waals surface area contributed by atoms with E-state index >= 15 is 0 Å². The minimum absolute atomic E-state index is 0.112. The van der Waals surface area contributed by atoms with E-state index in [0.717, 1.165) is 18.5 Å². The molecule has 0 bridgehead atoms. The van der Waals surface area contributed by atoms with E-state index < -0.39 is 0 Å². The standard InChI is InChI=1S/C13H19N3O/c1-3-12(4-2)16(7-8-17)13-5-6-15-11(9-13)10-14/h5-6,9,12,17H,3-4,7-8H2,1-2H3. The van der Waals surface area contributed by atoms with E-state index in [1.807, 2.05) is 12.1 Å². The molecule has 0 amide bonds. The van der Waals surface area contributed by atoms with Crippen molar-refractivity contribution in [3.05, 3.63) is 24.0 Å². The van der Waals surface area contributed by atoms with E-state index in [9.17, 15) is 0 Å². The van der Waals surface area contributed by atoms with Gasteiger partial charge in [0.1, 0.15) is 11.8 Å². The molecule has 0 fully saturated rings. The van der Waals surface area contributed by atoms with Crippen LogP contribution in [0.15, 0.2) is 18.3 Å². The number of aliphatic hydroxyl groups excluding tert-OH is 1. The van der Waals surface area contributed by atoms with Gasteiger partial charge in [-0.3, -0.25) is 0 Å². The summed E-state index contributed by atoms with van der Waals surface area (Å²) < 4.78 is 0. The summed E-state index contributed by atoms with van der Waals surface area (Å²) in [6, 6.07) is 6.08. The lowest BCUT2D eigenvalue weighted by molar-refractivity contribution is 0.296. The molecule has 1 N–H and O–H groups in total. The average Bonchev–Trinajstić information content (AvgIpc) is 2.39. The number of hydrogen-bond acceptors (Lipinski definition) is 4. The van der Waals surface area contributed by atoms with E-state index in [1.165, 1.54) is 0 Å². The summed E-state index contributed by atoms with van der Waals surface area (Å²) in [6.07, 6.45) is 3.67. The molecule has 0 saturated heterocycles. The van der Waals surface area contributed by atoms with Crippen LogP contribution in [0.5, 0.6) is 0 Å². The van der Waals surface area contributed by atoms with Crippen LogP contribution in [0.4, 0.5) is 5.69 Å². The van der Waals surface area contributed by atoms with Crippen LogP contribution in [0.3, 0.4) is 0 Å². The van der Waals surface area contributed by atoms with Gasteiger partial charge in [-0.2, -0.15) is 5.26 Å². The van der Waals surface area contributed by atoms with Gasteiger partial charge in [0.05, 0.1) is 6.61 Å². The maximum absolute atomic E-state index is 9.14. The second-order valence-corrected chi connectivity index (χ2v) is 3.90. The Bertz CT molecular complexity index is 382. The Morgan fingerprint density at radius 1 is 1.47 bits per heavy atom. The zero-order valence-corrected chi connectivity index (χ0v) is 10.4. The van der Waals surface area contributed by atoms with Crippen LogP contribution in [0.25, 0.3) is 0 Å². The summed E-state index contributed by atoms with van der Waals surface area (Å²) in [5, 5.41) is 18.0. The number of aliphatic hydroxyl groups is 1. The van der Waals surface area contributed by atoms with Gasteiger partial charge in [0, 0.05) is 24.5 Å². The highest BCUT2D eigenvalue weighted by atomic mass is 16.3. The molecule has 1 aromatic heterocycles. The molecule has 4 nitrogen and oxygen atoms in total. The summed E-state index contributed by atoms with van der Waals surface area (Å²) in [6.45, 7) is 4.96. The van der Waals surface area contributed by atoms with Gasteiger partial charge in [-0.25, -0.2) is 4.98 Å². The van der Waals surface area contributed by atoms with Crippen molar-refractivity contribution < 1.29 is 5.11 Å². The van der Waals surface area contributed by atoms with Gasteiger partial charge in [-0.15, -0.1) is 0 Å². The maximum atomic E-state index is 9.14. The van der Waals surface area contributed by atoms with Gasteiger partial charge < -0.3 is 10.0 Å². The fourth-order valence-corrected chi connectivity index (χ4v) is 2.02. The summed E-state index contributed by atoms with van der Waals surface area (Å²) in [5.74, 6) is 0. The number of rotatable bonds is 6. The molecule has 0 unspecified atom stereocenters. The van der Waals surface area contributed by atoms with Gasteiger partial charge in [0.15, 0.2) is 0 Å². The van der Waals surface area contributed by atoms with Crippen LogP contribution in [0.2, 0.25) is 0 Å². The number of nitrogens with zero attached hydrogens (tertiary/aromatic N) is 3. The molecule has 0 saturated carbocycles. The van der Waals surface area contributed by atoms with Gasteiger partial charge in [0.25, 0.3) is 0 Å². The highest BCUT2D eigenvalue weighted by Crippen LogP contribution is 2.20. The average molecular weight is 233 g/mol. The first-order valence-corrected chi connectivity index (χ1v) is 6.00. The lowest BCUT2D eigenvalue weighted by Gasteiger charge is -2.32. The minimum atomic E-state index is 0.112. The van der Waals surface area contributed by atoms with Crippen LogP contribution >= 0.6 is 0 Å². The molecular weight excluding hydrogens is 214 g/mol. The zero-order valence-electron chi connectivity index (χ0n) is 10.4. The highest BCUT2D eigenvalue weighted by Gasteiger charge is 2.15. The number of anilines is 1. The predicted molar refractivity (Wildman–Crippen MR) is 67.8 cm³/mol. The summed E-state index contributed by atoms with van der Waals surface area (Å²) >= 11 is 0. The van der Waals surface area contributed by atoms with Crippen molar-refractivity contribution in [2.24, 2.45) is 0 Å². The number of pyridine rings is 1. The lowest BCUT2D eigenvalue weighted by Crippen LogP contribution is -2.36. The lowest BCUT2D eigenvalue weighted by atomic mass is 10.1. The van der Waals surface area contributed by atoms with Crippen molar-refractivity contribution in [2.75, 3.05) is 18.1 Å². The van der Waals surface area contributed by atoms with Crippen LogP contribution < -0.4 is 4.90 Å². The summed E-state index contributed by atoms with van der Waals surface area (Å²) in [7, 11) is 0. The molecule has 1 rings (SSSR count). The van der Waals surface area contributed by atoms with Crippen molar-refractivity contribution in [2.45, 2.75) is 32.7 Å². The van der Waals surface area contributed by atoms with Gasteiger partial charge in [0.2, 0.25) is 0 Å². The fraction of sp³-hybridized carbons (Fsp3) is 0.538. The fourth-order valence-electron chi connectivity index (χ4n) is 2.02. The number of aromatic nitrogens is 1. The zero-order chi connectivity index (χ0) is 12.7. The molecule has 0 aliphatic heterocycles. The van der Waals surface area contributed by atoms with Crippen molar-refractivity contribution in [1.29, 1.82) is 5.26 Å². The number of hydrogen-bond donors (Lipinski definition) is 1. The van der Waals surface area contributed by atoms with Crippen molar-refractivity contribution >= 4 is 5.69 Å². The second-order valence-electron chi connectivity index (χ2n) is 3.90. The molecule has 0 atom stereocenters. The summed E-state index contributed by atoms with van der Waals surface area (Å²) in [4.78, 5) is 6.10. The Morgan fingerprint density at radius 2 is 2.18 bits per heavy atom. The van der Waals surface area contributed by atoms with Crippen LogP contribution in [-0.4, -0.2) is 29.3 Å². The van der Waals surface area contributed by atoms with E-state index in [-0.39, 0.29) is 6.61 Å². The molecule has 1 aromatic rings. The molecule has 4 heteroatoms. The second kappa shape index (κ2) is 6.87. The van der Waals surface area contributed by atoms with Crippen LogP contribution in [-0.2, 0) is 0 Å². The van der Waals surface area contributed by atoms with Crippen LogP contribution in [0.1, 0.15) is 32.4 Å². The third-order valence-electron chi connectivity index (χ3n) is 2.91. The Morgan fingerprint density at radius 3 is 2.71 bits per heavy atom. The molecule has 0 aliphatic rings. The first-order chi connectivity index (χ1) is 8.26. The quantitative estimate of drug-likeness (QED) is 0.815. The molecule has 0 spiro atoms. The largest absolute Gasteiger partial charge is 0.395 e. The molecule has 0 aliphatic carbocycles. The first-order valence-electron chi connectivity index (χ1n) is 6.00. The molecule has 0 aromatic carbocycles. The third kappa shape index (κ3) is 3.43. The maximum Gasteiger partial charge on any atom is 0.142 e. The number of nitriles is 1. The Balaban J connectivity index is 3.00. The third-order valence-corrected chi connectivity index (χ3v) is 2.91.